The highest BCUT2D eigenvalue weighted by atomic mass is 16.7. The van der Waals surface area contributed by atoms with Crippen LogP contribution in [0.4, 0.5) is 0 Å². The van der Waals surface area contributed by atoms with Crippen molar-refractivity contribution < 1.29 is 18.9 Å². The molecule has 15 heavy (non-hydrogen) atoms. The van der Waals surface area contributed by atoms with E-state index in [9.17, 15) is 0 Å². The molecule has 0 aliphatic rings. The van der Waals surface area contributed by atoms with Crippen LogP contribution in [0.15, 0.2) is 0 Å². The lowest BCUT2D eigenvalue weighted by atomic mass is 10.3. The largest absolute Gasteiger partial charge is 0.385 e. The minimum absolute atomic E-state index is 0.125. The lowest BCUT2D eigenvalue weighted by molar-refractivity contribution is -0.0544. The molecule has 4 heteroatoms. The Bertz CT molecular complexity index is 116. The second-order valence-corrected chi connectivity index (χ2v) is 3.55. The molecular formula is C11H23O4. The maximum absolute atomic E-state index is 5.33. The first-order valence-corrected chi connectivity index (χ1v) is 5.31. The Kier molecular flexibility index (Phi) is 10.3. The molecule has 1 radical (unpaired) electrons. The average Bonchev–Trinajstić information content (AvgIpc) is 2.23. The van der Waals surface area contributed by atoms with Gasteiger partial charge >= 0.3 is 0 Å². The number of rotatable bonds is 10. The van der Waals surface area contributed by atoms with E-state index < -0.39 is 0 Å². The third kappa shape index (κ3) is 10.1. The van der Waals surface area contributed by atoms with E-state index >= 15 is 0 Å². The van der Waals surface area contributed by atoms with Gasteiger partial charge in [-0.15, -0.1) is 0 Å². The second-order valence-electron chi connectivity index (χ2n) is 3.55. The molecule has 0 heterocycles. The molecule has 0 aromatic carbocycles. The zero-order chi connectivity index (χ0) is 11.5. The summed E-state index contributed by atoms with van der Waals surface area (Å²) in [6, 6.07) is 0. The molecular weight excluding hydrogens is 196 g/mol. The molecule has 0 N–H and O–H groups in total. The highest BCUT2D eigenvalue weighted by Gasteiger charge is 2.05. The number of hydrogen-bond donors (Lipinski definition) is 0. The standard InChI is InChI=1S/C11H23O4/c1-10(5-7-12-3)14-9-15-11(2)6-8-13-4/h9-11H,5-8H2,1-4H3. The Balaban J connectivity index is 3.27. The van der Waals surface area contributed by atoms with Crippen LogP contribution in [0.2, 0.25) is 0 Å². The summed E-state index contributed by atoms with van der Waals surface area (Å²) >= 11 is 0. The summed E-state index contributed by atoms with van der Waals surface area (Å²) in [6.07, 6.45) is 1.98. The van der Waals surface area contributed by atoms with Crippen molar-refractivity contribution in [3.05, 3.63) is 6.79 Å². The third-order valence-electron chi connectivity index (χ3n) is 2.03. The van der Waals surface area contributed by atoms with Crippen LogP contribution in [0.3, 0.4) is 0 Å². The van der Waals surface area contributed by atoms with E-state index in [1.807, 2.05) is 13.8 Å². The van der Waals surface area contributed by atoms with Crippen molar-refractivity contribution in [1.82, 2.24) is 0 Å². The van der Waals surface area contributed by atoms with Crippen LogP contribution in [0.25, 0.3) is 0 Å². The predicted molar refractivity (Wildman–Crippen MR) is 58.4 cm³/mol. The molecule has 2 atom stereocenters. The molecule has 0 spiro atoms. The minimum atomic E-state index is 0.125. The van der Waals surface area contributed by atoms with Gasteiger partial charge in [0.25, 0.3) is 0 Å². The number of hydrogen-bond acceptors (Lipinski definition) is 4. The molecule has 0 rings (SSSR count). The molecule has 0 fully saturated rings. The van der Waals surface area contributed by atoms with Gasteiger partial charge in [-0.25, -0.2) is 0 Å². The normalized spacial score (nSPS) is 15.2. The maximum atomic E-state index is 5.33. The molecule has 0 saturated heterocycles. The smallest absolute Gasteiger partial charge is 0.209 e. The monoisotopic (exact) mass is 219 g/mol. The van der Waals surface area contributed by atoms with Crippen LogP contribution >= 0.6 is 0 Å². The molecule has 0 aromatic rings. The van der Waals surface area contributed by atoms with Gasteiger partial charge in [0.05, 0.1) is 12.2 Å². The summed E-state index contributed by atoms with van der Waals surface area (Å²) in [5, 5.41) is 0. The molecule has 0 amide bonds. The zero-order valence-electron chi connectivity index (χ0n) is 10.2. The summed E-state index contributed by atoms with van der Waals surface area (Å²) < 4.78 is 20.5. The van der Waals surface area contributed by atoms with Crippen molar-refractivity contribution in [1.29, 1.82) is 0 Å². The van der Waals surface area contributed by atoms with Crippen LogP contribution < -0.4 is 0 Å². The summed E-state index contributed by atoms with van der Waals surface area (Å²) in [6.45, 7) is 6.79. The predicted octanol–water partition coefficient (Wildman–Crippen LogP) is 1.99. The quantitative estimate of drug-likeness (QED) is 0.563. The van der Waals surface area contributed by atoms with Gasteiger partial charge < -0.3 is 18.9 Å². The second kappa shape index (κ2) is 10.4. The van der Waals surface area contributed by atoms with Crippen molar-refractivity contribution in [3.8, 4) is 0 Å². The van der Waals surface area contributed by atoms with Crippen LogP contribution in [-0.2, 0) is 18.9 Å². The lowest BCUT2D eigenvalue weighted by Crippen LogP contribution is -2.14. The molecule has 4 nitrogen and oxygen atoms in total. The van der Waals surface area contributed by atoms with Crippen LogP contribution in [0.5, 0.6) is 0 Å². The summed E-state index contributed by atoms with van der Waals surface area (Å²) in [5.74, 6) is 0. The fourth-order valence-electron chi connectivity index (χ4n) is 0.925. The Morgan fingerprint density at radius 1 is 0.867 bits per heavy atom. The van der Waals surface area contributed by atoms with E-state index in [1.54, 1.807) is 14.2 Å². The SMILES string of the molecule is COCCC(C)O[CH]OC(C)CCOC. The van der Waals surface area contributed by atoms with Crippen molar-refractivity contribution in [2.45, 2.75) is 38.9 Å². The molecule has 0 bridgehead atoms. The topological polar surface area (TPSA) is 36.9 Å². The summed E-state index contributed by atoms with van der Waals surface area (Å²) in [7, 11) is 3.36. The Hall–Kier alpha value is -0.160. The highest BCUT2D eigenvalue weighted by molar-refractivity contribution is 4.53. The zero-order valence-corrected chi connectivity index (χ0v) is 10.2. The first-order chi connectivity index (χ1) is 7.20. The van der Waals surface area contributed by atoms with Gasteiger partial charge in [-0.3, -0.25) is 0 Å². The van der Waals surface area contributed by atoms with Crippen LogP contribution in [0.1, 0.15) is 26.7 Å². The Morgan fingerprint density at radius 3 is 1.60 bits per heavy atom. The lowest BCUT2D eigenvalue weighted by Gasteiger charge is -2.15. The van der Waals surface area contributed by atoms with Gasteiger partial charge in [-0.1, -0.05) is 0 Å². The summed E-state index contributed by atoms with van der Waals surface area (Å²) in [4.78, 5) is 0. The van der Waals surface area contributed by atoms with Crippen molar-refractivity contribution in [2.24, 2.45) is 0 Å². The van der Waals surface area contributed by atoms with E-state index in [0.717, 1.165) is 12.8 Å². The molecule has 0 aromatic heterocycles. The maximum Gasteiger partial charge on any atom is 0.209 e. The fraction of sp³-hybridized carbons (Fsp3) is 0.909. The molecule has 0 aliphatic carbocycles. The van der Waals surface area contributed by atoms with Gasteiger partial charge in [0.1, 0.15) is 0 Å². The van der Waals surface area contributed by atoms with Crippen molar-refractivity contribution >= 4 is 0 Å². The van der Waals surface area contributed by atoms with Gasteiger partial charge in [-0.05, 0) is 26.7 Å². The highest BCUT2D eigenvalue weighted by Crippen LogP contribution is 2.04. The van der Waals surface area contributed by atoms with E-state index in [4.69, 9.17) is 18.9 Å². The van der Waals surface area contributed by atoms with Gasteiger partial charge in [0.15, 0.2) is 0 Å². The minimum Gasteiger partial charge on any atom is -0.385 e. The van der Waals surface area contributed by atoms with Crippen LogP contribution in [0, 0.1) is 6.79 Å². The van der Waals surface area contributed by atoms with E-state index in [1.165, 1.54) is 6.79 Å². The molecule has 0 saturated carbocycles. The van der Waals surface area contributed by atoms with E-state index in [0.29, 0.717) is 13.2 Å². The Labute approximate surface area is 92.8 Å². The number of ether oxygens (including phenoxy) is 4. The molecule has 0 aliphatic heterocycles. The first kappa shape index (κ1) is 14.8. The first-order valence-electron chi connectivity index (χ1n) is 5.31. The average molecular weight is 219 g/mol. The van der Waals surface area contributed by atoms with E-state index in [-0.39, 0.29) is 12.2 Å². The van der Waals surface area contributed by atoms with Gasteiger partial charge in [-0.2, -0.15) is 0 Å². The summed E-state index contributed by atoms with van der Waals surface area (Å²) in [5.41, 5.74) is 0. The van der Waals surface area contributed by atoms with Gasteiger partial charge in [0, 0.05) is 27.4 Å². The van der Waals surface area contributed by atoms with E-state index in [2.05, 4.69) is 0 Å². The van der Waals surface area contributed by atoms with Gasteiger partial charge in [0.2, 0.25) is 6.79 Å². The molecule has 91 valence electrons. The number of methoxy groups -OCH3 is 2. The Morgan fingerprint density at radius 2 is 1.27 bits per heavy atom. The third-order valence-corrected chi connectivity index (χ3v) is 2.03. The molecule has 2 unspecified atom stereocenters. The fourth-order valence-corrected chi connectivity index (χ4v) is 0.925. The van der Waals surface area contributed by atoms with Crippen LogP contribution in [-0.4, -0.2) is 39.6 Å². The van der Waals surface area contributed by atoms with Crippen molar-refractivity contribution in [3.63, 3.8) is 0 Å². The van der Waals surface area contributed by atoms with Crippen molar-refractivity contribution in [2.75, 3.05) is 27.4 Å².